The van der Waals surface area contributed by atoms with Crippen molar-refractivity contribution >= 4 is 11.9 Å². The van der Waals surface area contributed by atoms with Crippen LogP contribution in [-0.4, -0.2) is 55.5 Å². The van der Waals surface area contributed by atoms with Crippen LogP contribution in [0.2, 0.25) is 0 Å². The van der Waals surface area contributed by atoms with Crippen LogP contribution in [0.15, 0.2) is 53.5 Å². The zero-order valence-corrected chi connectivity index (χ0v) is 18.9. The summed E-state index contributed by atoms with van der Waals surface area (Å²) in [5, 5.41) is 3.34. The van der Waals surface area contributed by atoms with Gasteiger partial charge in [-0.1, -0.05) is 36.4 Å². The molecule has 0 aromatic heterocycles. The first-order valence-corrected chi connectivity index (χ1v) is 11.1. The lowest BCUT2D eigenvalue weighted by Gasteiger charge is -2.29. The van der Waals surface area contributed by atoms with Gasteiger partial charge < -0.3 is 19.9 Å². The van der Waals surface area contributed by atoms with E-state index in [-0.39, 0.29) is 5.91 Å². The number of guanidine groups is 1. The van der Waals surface area contributed by atoms with Gasteiger partial charge in [-0.3, -0.25) is 9.79 Å². The molecule has 6 heteroatoms. The quantitative estimate of drug-likeness (QED) is 0.402. The van der Waals surface area contributed by atoms with E-state index in [0.29, 0.717) is 13.0 Å². The normalized spacial score (nSPS) is 13.5. The van der Waals surface area contributed by atoms with Crippen molar-refractivity contribution in [3.8, 4) is 5.75 Å². The second-order valence-electron chi connectivity index (χ2n) is 7.88. The second-order valence-corrected chi connectivity index (χ2v) is 7.88. The van der Waals surface area contributed by atoms with Gasteiger partial charge in [0.05, 0.1) is 7.11 Å². The Labute approximate surface area is 185 Å². The molecule has 1 aliphatic heterocycles. The lowest BCUT2D eigenvalue weighted by atomic mass is 9.99. The van der Waals surface area contributed by atoms with Crippen molar-refractivity contribution in [2.24, 2.45) is 4.99 Å². The maximum atomic E-state index is 12.6. The number of ether oxygens (including phenoxy) is 1. The third kappa shape index (κ3) is 6.48. The summed E-state index contributed by atoms with van der Waals surface area (Å²) in [5.41, 5.74) is 3.83. The van der Waals surface area contributed by atoms with Crippen LogP contribution in [0, 0.1) is 0 Å². The molecule has 1 amide bonds. The number of carbonyl (C=O) groups excluding carboxylic acids is 1. The fraction of sp³-hybridized carbons (Fsp3) is 0.440. The summed E-state index contributed by atoms with van der Waals surface area (Å²) in [4.78, 5) is 21.5. The van der Waals surface area contributed by atoms with Gasteiger partial charge >= 0.3 is 0 Å². The van der Waals surface area contributed by atoms with Gasteiger partial charge in [-0.25, -0.2) is 0 Å². The summed E-state index contributed by atoms with van der Waals surface area (Å²) in [6.07, 6.45) is 2.23. The molecule has 0 saturated carbocycles. The van der Waals surface area contributed by atoms with Crippen molar-refractivity contribution in [3.63, 3.8) is 0 Å². The first kappa shape index (κ1) is 22.7. The Morgan fingerprint density at radius 1 is 1.16 bits per heavy atom. The number of hydrogen-bond donors (Lipinski definition) is 1. The van der Waals surface area contributed by atoms with E-state index in [0.717, 1.165) is 50.7 Å². The summed E-state index contributed by atoms with van der Waals surface area (Å²) in [6.45, 7) is 5.79. The van der Waals surface area contributed by atoms with Crippen LogP contribution in [-0.2, 0) is 24.3 Å². The second kappa shape index (κ2) is 11.4. The predicted molar refractivity (Wildman–Crippen MR) is 125 cm³/mol. The Bertz CT molecular complexity index is 879. The number of nitrogens with one attached hydrogen (secondary N) is 1. The number of hydrogen-bond acceptors (Lipinski definition) is 3. The number of nitrogens with zero attached hydrogens (tertiary/aromatic N) is 3. The van der Waals surface area contributed by atoms with E-state index in [4.69, 9.17) is 9.73 Å². The van der Waals surface area contributed by atoms with Crippen LogP contribution >= 0.6 is 0 Å². The molecule has 0 radical (unpaired) electrons. The highest BCUT2D eigenvalue weighted by molar-refractivity contribution is 5.80. The Kier molecular flexibility index (Phi) is 8.33. The number of amides is 1. The van der Waals surface area contributed by atoms with Crippen LogP contribution in [0.3, 0.4) is 0 Å². The number of methoxy groups -OCH3 is 1. The van der Waals surface area contributed by atoms with E-state index in [9.17, 15) is 4.79 Å². The first-order valence-electron chi connectivity index (χ1n) is 11.1. The van der Waals surface area contributed by atoms with Gasteiger partial charge in [-0.15, -0.1) is 0 Å². The highest BCUT2D eigenvalue weighted by Gasteiger charge is 2.19. The van der Waals surface area contributed by atoms with Crippen molar-refractivity contribution in [3.05, 3.63) is 65.2 Å². The van der Waals surface area contributed by atoms with E-state index in [2.05, 4.69) is 47.5 Å². The summed E-state index contributed by atoms with van der Waals surface area (Å²) in [7, 11) is 3.70. The molecular formula is C25H34N4O2. The Morgan fingerprint density at radius 3 is 2.61 bits per heavy atom. The van der Waals surface area contributed by atoms with Crippen LogP contribution < -0.4 is 10.1 Å². The fourth-order valence-corrected chi connectivity index (χ4v) is 3.83. The number of rotatable bonds is 8. The average Bonchev–Trinajstić information content (AvgIpc) is 2.81. The van der Waals surface area contributed by atoms with Gasteiger partial charge in [0, 0.05) is 46.2 Å². The molecule has 0 atom stereocenters. The smallest absolute Gasteiger partial charge is 0.222 e. The minimum absolute atomic E-state index is 0.223. The van der Waals surface area contributed by atoms with Gasteiger partial charge in [0.25, 0.3) is 0 Å². The molecule has 2 aromatic rings. The molecule has 1 N–H and O–H groups in total. The summed E-state index contributed by atoms with van der Waals surface area (Å²) >= 11 is 0. The largest absolute Gasteiger partial charge is 0.497 e. The van der Waals surface area contributed by atoms with E-state index in [1.165, 1.54) is 16.7 Å². The Hall–Kier alpha value is -3.02. The van der Waals surface area contributed by atoms with Crippen molar-refractivity contribution in [1.82, 2.24) is 15.1 Å². The van der Waals surface area contributed by atoms with Crippen LogP contribution in [0.5, 0.6) is 5.75 Å². The molecule has 31 heavy (non-hydrogen) atoms. The molecule has 6 nitrogen and oxygen atoms in total. The minimum Gasteiger partial charge on any atom is -0.497 e. The van der Waals surface area contributed by atoms with E-state index >= 15 is 0 Å². The van der Waals surface area contributed by atoms with E-state index in [1.54, 1.807) is 7.11 Å². The maximum absolute atomic E-state index is 12.6. The highest BCUT2D eigenvalue weighted by atomic mass is 16.5. The number of aliphatic imine (C=N–C) groups is 1. The zero-order valence-electron chi connectivity index (χ0n) is 18.9. The summed E-state index contributed by atoms with van der Waals surface area (Å²) in [5.74, 6) is 1.94. The molecule has 166 valence electrons. The van der Waals surface area contributed by atoms with Gasteiger partial charge in [-0.05, 0) is 48.6 Å². The molecular weight excluding hydrogens is 388 g/mol. The molecule has 0 bridgehead atoms. The van der Waals surface area contributed by atoms with Crippen molar-refractivity contribution in [2.45, 2.75) is 39.3 Å². The molecule has 0 aliphatic carbocycles. The van der Waals surface area contributed by atoms with Crippen molar-refractivity contribution < 1.29 is 9.53 Å². The zero-order chi connectivity index (χ0) is 22.1. The molecule has 0 spiro atoms. The third-order valence-electron chi connectivity index (χ3n) is 5.57. The van der Waals surface area contributed by atoms with E-state index in [1.807, 2.05) is 30.1 Å². The topological polar surface area (TPSA) is 57.2 Å². The fourth-order valence-electron chi connectivity index (χ4n) is 3.83. The lowest BCUT2D eigenvalue weighted by Crippen LogP contribution is -2.38. The summed E-state index contributed by atoms with van der Waals surface area (Å²) < 4.78 is 5.23. The molecule has 1 heterocycles. The van der Waals surface area contributed by atoms with Crippen LogP contribution in [0.25, 0.3) is 0 Å². The standard InChI is InChI=1S/C25H34N4O2/c1-4-26-25(28(2)18-20-11-13-23(31-3)14-12-20)27-16-7-10-24(30)29-17-15-21-8-5-6-9-22(21)19-29/h5-6,8-9,11-14H,4,7,10,15-19H2,1-3H3,(H,26,27). The SMILES string of the molecule is CCNC(=NCCCC(=O)N1CCc2ccccc2C1)N(C)Cc1ccc(OC)cc1. The van der Waals surface area contributed by atoms with Gasteiger partial charge in [0.2, 0.25) is 5.91 Å². The Morgan fingerprint density at radius 2 is 1.90 bits per heavy atom. The summed E-state index contributed by atoms with van der Waals surface area (Å²) in [6, 6.07) is 16.5. The molecule has 3 rings (SSSR count). The molecule has 2 aromatic carbocycles. The van der Waals surface area contributed by atoms with Crippen molar-refractivity contribution in [2.75, 3.05) is 33.8 Å². The highest BCUT2D eigenvalue weighted by Crippen LogP contribution is 2.19. The van der Waals surface area contributed by atoms with E-state index < -0.39 is 0 Å². The molecule has 0 saturated heterocycles. The first-order chi connectivity index (χ1) is 15.1. The predicted octanol–water partition coefficient (Wildman–Crippen LogP) is 3.46. The van der Waals surface area contributed by atoms with Crippen LogP contribution in [0.4, 0.5) is 0 Å². The van der Waals surface area contributed by atoms with Gasteiger partial charge in [0.1, 0.15) is 5.75 Å². The van der Waals surface area contributed by atoms with Gasteiger partial charge in [-0.2, -0.15) is 0 Å². The minimum atomic E-state index is 0.223. The molecule has 0 unspecified atom stereocenters. The number of carbonyl (C=O) groups is 1. The van der Waals surface area contributed by atoms with Gasteiger partial charge in [0.15, 0.2) is 5.96 Å². The van der Waals surface area contributed by atoms with Crippen LogP contribution in [0.1, 0.15) is 36.5 Å². The van der Waals surface area contributed by atoms with Crippen molar-refractivity contribution in [1.29, 1.82) is 0 Å². The number of fused-ring (bicyclic) bond motifs is 1. The third-order valence-corrected chi connectivity index (χ3v) is 5.57. The lowest BCUT2D eigenvalue weighted by molar-refractivity contribution is -0.132. The molecule has 0 fully saturated rings. The Balaban J connectivity index is 1.48. The monoisotopic (exact) mass is 422 g/mol. The molecule has 1 aliphatic rings. The average molecular weight is 423 g/mol. The maximum Gasteiger partial charge on any atom is 0.222 e. The number of benzene rings is 2.